The number of hydrogen-bond donors (Lipinski definition) is 1. The number of alkyl halides is 1. The van der Waals surface area contributed by atoms with Gasteiger partial charge < -0.3 is 5.32 Å². The fraction of sp³-hybridized carbons (Fsp3) is 0.300. The Morgan fingerprint density at radius 2 is 2.07 bits per heavy atom. The molecule has 0 unspecified atom stereocenters. The van der Waals surface area contributed by atoms with Crippen LogP contribution in [0.1, 0.15) is 13.8 Å². The Bertz CT molecular complexity index is 387. The minimum atomic E-state index is -2.03. The second kappa shape index (κ2) is 4.26. The number of hydrogen-bond acceptors (Lipinski definition) is 1. The van der Waals surface area contributed by atoms with E-state index in [-0.39, 0.29) is 5.69 Å². The molecule has 0 atom stereocenters. The van der Waals surface area contributed by atoms with E-state index in [4.69, 9.17) is 0 Å². The van der Waals surface area contributed by atoms with Crippen LogP contribution >= 0.6 is 15.9 Å². The van der Waals surface area contributed by atoms with E-state index in [9.17, 15) is 13.6 Å². The Morgan fingerprint density at radius 3 is 2.53 bits per heavy atom. The summed E-state index contributed by atoms with van der Waals surface area (Å²) in [7, 11) is 0. The summed E-state index contributed by atoms with van der Waals surface area (Å²) < 4.78 is 26.9. The molecule has 0 saturated carbocycles. The van der Waals surface area contributed by atoms with Gasteiger partial charge in [0.1, 0.15) is 5.82 Å². The lowest BCUT2D eigenvalue weighted by Crippen LogP contribution is -2.32. The summed E-state index contributed by atoms with van der Waals surface area (Å²) in [5, 5.41) is 2.17. The molecular formula is C10H10BrF2NO. The minimum absolute atomic E-state index is 0.0334. The van der Waals surface area contributed by atoms with Gasteiger partial charge in [-0.3, -0.25) is 4.79 Å². The maximum atomic E-state index is 13.2. The second-order valence-electron chi connectivity index (χ2n) is 3.55. The van der Waals surface area contributed by atoms with Crippen molar-refractivity contribution in [3.05, 3.63) is 28.5 Å². The summed E-state index contributed by atoms with van der Waals surface area (Å²) in [6, 6.07) is 4.12. The molecule has 1 rings (SSSR count). The maximum Gasteiger partial charge on any atom is 0.261 e. The molecule has 0 saturated heterocycles. The van der Waals surface area contributed by atoms with Crippen LogP contribution in [0.5, 0.6) is 0 Å². The van der Waals surface area contributed by atoms with Crippen molar-refractivity contribution in [2.75, 3.05) is 5.32 Å². The molecule has 0 radical (unpaired) electrons. The molecule has 0 aliphatic heterocycles. The molecule has 0 aromatic heterocycles. The van der Waals surface area contributed by atoms with Crippen molar-refractivity contribution >= 4 is 27.5 Å². The molecule has 1 aromatic rings. The lowest BCUT2D eigenvalue weighted by Gasteiger charge is -2.14. The van der Waals surface area contributed by atoms with Crippen LogP contribution in [0, 0.1) is 5.82 Å². The molecule has 1 amide bonds. The maximum absolute atomic E-state index is 13.2. The molecule has 0 aliphatic rings. The molecule has 0 bridgehead atoms. The second-order valence-corrected chi connectivity index (χ2v) is 4.47. The number of halogens is 3. The summed E-state index contributed by atoms with van der Waals surface area (Å²) in [4.78, 5) is 11.2. The van der Waals surface area contributed by atoms with Gasteiger partial charge in [-0.15, -0.1) is 0 Å². The quantitative estimate of drug-likeness (QED) is 0.883. The van der Waals surface area contributed by atoms with Crippen LogP contribution in [0.2, 0.25) is 0 Å². The smallest absolute Gasteiger partial charge is 0.261 e. The van der Waals surface area contributed by atoms with Crippen molar-refractivity contribution in [1.82, 2.24) is 0 Å². The number of benzene rings is 1. The van der Waals surface area contributed by atoms with E-state index in [1.165, 1.54) is 12.1 Å². The summed E-state index contributed by atoms with van der Waals surface area (Å²) >= 11 is 3.08. The van der Waals surface area contributed by atoms with E-state index in [0.717, 1.165) is 13.8 Å². The highest BCUT2D eigenvalue weighted by Crippen LogP contribution is 2.21. The number of carbonyl (C=O) groups excluding carboxylic acids is 1. The predicted octanol–water partition coefficient (Wildman–Crippen LogP) is 3.27. The number of nitrogens with one attached hydrogen (secondary N) is 1. The molecule has 0 spiro atoms. The predicted molar refractivity (Wildman–Crippen MR) is 57.9 cm³/mol. The molecular weight excluding hydrogens is 268 g/mol. The van der Waals surface area contributed by atoms with Crippen molar-refractivity contribution in [2.45, 2.75) is 19.5 Å². The Kier molecular flexibility index (Phi) is 3.44. The van der Waals surface area contributed by atoms with Crippen molar-refractivity contribution in [2.24, 2.45) is 0 Å². The van der Waals surface area contributed by atoms with Crippen molar-refractivity contribution in [3.63, 3.8) is 0 Å². The van der Waals surface area contributed by atoms with Crippen molar-refractivity contribution < 1.29 is 13.6 Å². The van der Waals surface area contributed by atoms with Gasteiger partial charge >= 0.3 is 0 Å². The monoisotopic (exact) mass is 277 g/mol. The first-order chi connectivity index (χ1) is 6.80. The van der Waals surface area contributed by atoms with Gasteiger partial charge in [0.25, 0.3) is 5.91 Å². The van der Waals surface area contributed by atoms with Gasteiger partial charge in [0.2, 0.25) is 0 Å². The van der Waals surface area contributed by atoms with E-state index in [2.05, 4.69) is 21.2 Å². The molecule has 15 heavy (non-hydrogen) atoms. The minimum Gasteiger partial charge on any atom is -0.321 e. The van der Waals surface area contributed by atoms with E-state index < -0.39 is 17.4 Å². The van der Waals surface area contributed by atoms with Crippen LogP contribution in [0.15, 0.2) is 22.7 Å². The van der Waals surface area contributed by atoms with E-state index in [0.29, 0.717) is 4.47 Å². The largest absolute Gasteiger partial charge is 0.321 e. The molecule has 2 nitrogen and oxygen atoms in total. The summed E-state index contributed by atoms with van der Waals surface area (Å²) in [6.45, 7) is 2.22. The zero-order valence-electron chi connectivity index (χ0n) is 8.27. The third-order valence-electron chi connectivity index (χ3n) is 1.72. The van der Waals surface area contributed by atoms with Crippen LogP contribution in [-0.2, 0) is 4.79 Å². The highest BCUT2D eigenvalue weighted by Gasteiger charge is 2.27. The van der Waals surface area contributed by atoms with Crippen LogP contribution < -0.4 is 5.32 Å². The van der Waals surface area contributed by atoms with Gasteiger partial charge in [-0.1, -0.05) is 15.9 Å². The number of amides is 1. The van der Waals surface area contributed by atoms with E-state index in [1.54, 1.807) is 6.07 Å². The Morgan fingerprint density at radius 1 is 1.47 bits per heavy atom. The normalized spacial score (nSPS) is 11.3. The summed E-state index contributed by atoms with van der Waals surface area (Å²) in [5.74, 6) is -1.48. The third kappa shape index (κ3) is 3.27. The van der Waals surface area contributed by atoms with Gasteiger partial charge in [0.05, 0.1) is 5.69 Å². The Balaban J connectivity index is 2.87. The molecule has 0 aliphatic carbocycles. The Hall–Kier alpha value is -0.970. The van der Waals surface area contributed by atoms with E-state index >= 15 is 0 Å². The molecule has 0 heterocycles. The highest BCUT2D eigenvalue weighted by molar-refractivity contribution is 9.10. The Labute approximate surface area is 94.8 Å². The molecule has 0 fully saturated rings. The average molecular weight is 278 g/mol. The first-order valence-corrected chi connectivity index (χ1v) is 5.05. The van der Waals surface area contributed by atoms with Gasteiger partial charge in [-0.05, 0) is 32.0 Å². The number of carbonyl (C=O) groups is 1. The van der Waals surface area contributed by atoms with Gasteiger partial charge in [-0.25, -0.2) is 8.78 Å². The lowest BCUT2D eigenvalue weighted by atomic mass is 10.1. The zero-order chi connectivity index (χ0) is 11.6. The number of rotatable bonds is 2. The van der Waals surface area contributed by atoms with Crippen LogP contribution in [0.25, 0.3) is 0 Å². The first kappa shape index (κ1) is 12.1. The van der Waals surface area contributed by atoms with Crippen LogP contribution in [0.3, 0.4) is 0 Å². The summed E-state index contributed by atoms with van der Waals surface area (Å²) in [5.41, 5.74) is -2.06. The van der Waals surface area contributed by atoms with Gasteiger partial charge in [-0.2, -0.15) is 0 Å². The van der Waals surface area contributed by atoms with E-state index in [1.807, 2.05) is 0 Å². The average Bonchev–Trinajstić information content (AvgIpc) is 2.08. The molecule has 1 N–H and O–H groups in total. The van der Waals surface area contributed by atoms with Crippen molar-refractivity contribution in [1.29, 1.82) is 0 Å². The van der Waals surface area contributed by atoms with Gasteiger partial charge in [0, 0.05) is 4.47 Å². The van der Waals surface area contributed by atoms with Crippen molar-refractivity contribution in [3.8, 4) is 0 Å². The summed E-state index contributed by atoms with van der Waals surface area (Å²) in [6.07, 6.45) is 0. The standard InChI is InChI=1S/C10H10BrF2NO/c1-10(2,13)9(15)14-8-4-3-6(11)5-7(8)12/h3-5H,1-2H3,(H,14,15). The van der Waals surface area contributed by atoms with Crippen LogP contribution in [-0.4, -0.2) is 11.6 Å². The number of anilines is 1. The third-order valence-corrected chi connectivity index (χ3v) is 2.21. The highest BCUT2D eigenvalue weighted by atomic mass is 79.9. The molecule has 5 heteroatoms. The first-order valence-electron chi connectivity index (χ1n) is 4.26. The SMILES string of the molecule is CC(C)(F)C(=O)Nc1ccc(Br)cc1F. The lowest BCUT2D eigenvalue weighted by molar-refractivity contribution is -0.125. The molecule has 1 aromatic carbocycles. The molecule has 82 valence electrons. The zero-order valence-corrected chi connectivity index (χ0v) is 9.86. The van der Waals surface area contributed by atoms with Crippen LogP contribution in [0.4, 0.5) is 14.5 Å². The fourth-order valence-corrected chi connectivity index (χ4v) is 1.19. The fourth-order valence-electron chi connectivity index (χ4n) is 0.862. The topological polar surface area (TPSA) is 29.1 Å². The van der Waals surface area contributed by atoms with Gasteiger partial charge in [0.15, 0.2) is 5.67 Å².